The smallest absolute Gasteiger partial charge is 0.332 e. The molecule has 0 spiro atoms. The maximum atomic E-state index is 11.7. The molecule has 0 bridgehead atoms. The van der Waals surface area contributed by atoms with Crippen LogP contribution in [-0.4, -0.2) is 23.7 Å². The number of aliphatic imine (C=N–C) groups is 1. The molecule has 0 aliphatic carbocycles. The number of carbonyl (C=O) groups is 1. The van der Waals surface area contributed by atoms with Crippen LogP contribution < -0.4 is 0 Å². The SMILES string of the molecule is CC(C)(C)OC(=O)[C@@H](N=C=O)C(C)(C)C. The molecule has 0 aliphatic heterocycles. The molecule has 0 saturated carbocycles. The molecule has 0 unspecified atom stereocenters. The number of hydrogen-bond acceptors (Lipinski definition) is 4. The highest BCUT2D eigenvalue weighted by molar-refractivity contribution is 5.78. The van der Waals surface area contributed by atoms with E-state index < -0.39 is 23.0 Å². The maximum absolute atomic E-state index is 11.7. The summed E-state index contributed by atoms with van der Waals surface area (Å²) in [6.07, 6.45) is 1.42. The molecule has 4 nitrogen and oxygen atoms in total. The van der Waals surface area contributed by atoms with Crippen molar-refractivity contribution < 1.29 is 14.3 Å². The number of rotatable bonds is 2. The lowest BCUT2D eigenvalue weighted by Crippen LogP contribution is -2.38. The predicted molar refractivity (Wildman–Crippen MR) is 57.2 cm³/mol. The summed E-state index contributed by atoms with van der Waals surface area (Å²) in [5.74, 6) is -0.488. The number of hydrogen-bond donors (Lipinski definition) is 0. The summed E-state index contributed by atoms with van der Waals surface area (Å²) >= 11 is 0. The zero-order chi connectivity index (χ0) is 12.3. The van der Waals surface area contributed by atoms with Gasteiger partial charge in [0.1, 0.15) is 5.60 Å². The first-order chi connectivity index (χ1) is 6.58. The Bertz CT molecular complexity index is 277. The topological polar surface area (TPSA) is 55.7 Å². The predicted octanol–water partition coefficient (Wildman–Crippen LogP) is 2.08. The van der Waals surface area contributed by atoms with Gasteiger partial charge in [-0.15, -0.1) is 0 Å². The lowest BCUT2D eigenvalue weighted by atomic mass is 9.87. The lowest BCUT2D eigenvalue weighted by molar-refractivity contribution is -0.159. The Morgan fingerprint density at radius 3 is 1.93 bits per heavy atom. The minimum absolute atomic E-state index is 0.445. The highest BCUT2D eigenvalue weighted by Crippen LogP contribution is 2.24. The van der Waals surface area contributed by atoms with Crippen molar-refractivity contribution in [2.24, 2.45) is 10.4 Å². The van der Waals surface area contributed by atoms with Gasteiger partial charge in [0.15, 0.2) is 6.04 Å². The van der Waals surface area contributed by atoms with Gasteiger partial charge in [0, 0.05) is 0 Å². The first-order valence-corrected chi connectivity index (χ1v) is 4.88. The Kier molecular flexibility index (Phi) is 4.23. The van der Waals surface area contributed by atoms with Gasteiger partial charge in [0.2, 0.25) is 6.08 Å². The minimum atomic E-state index is -0.797. The van der Waals surface area contributed by atoms with Crippen LogP contribution in [0, 0.1) is 5.41 Å². The summed E-state index contributed by atoms with van der Waals surface area (Å²) < 4.78 is 5.17. The first kappa shape index (κ1) is 13.8. The lowest BCUT2D eigenvalue weighted by Gasteiger charge is -2.28. The zero-order valence-corrected chi connectivity index (χ0v) is 10.2. The third-order valence-electron chi connectivity index (χ3n) is 1.63. The molecule has 0 radical (unpaired) electrons. The van der Waals surface area contributed by atoms with E-state index in [-0.39, 0.29) is 0 Å². The molecular weight excluding hydrogens is 194 g/mol. The fraction of sp³-hybridized carbons (Fsp3) is 0.818. The summed E-state index contributed by atoms with van der Waals surface area (Å²) in [4.78, 5) is 25.4. The molecule has 0 aliphatic rings. The van der Waals surface area contributed by atoms with Crippen molar-refractivity contribution >= 4 is 12.0 Å². The fourth-order valence-corrected chi connectivity index (χ4v) is 1.01. The summed E-state index contributed by atoms with van der Waals surface area (Å²) in [6.45, 7) is 10.8. The van der Waals surface area contributed by atoms with Gasteiger partial charge < -0.3 is 4.74 Å². The normalized spacial score (nSPS) is 14.0. The van der Waals surface area contributed by atoms with Crippen LogP contribution >= 0.6 is 0 Å². The number of isocyanates is 1. The van der Waals surface area contributed by atoms with Crippen LogP contribution in [-0.2, 0) is 14.3 Å². The molecule has 0 heterocycles. The van der Waals surface area contributed by atoms with Gasteiger partial charge in [-0.05, 0) is 26.2 Å². The van der Waals surface area contributed by atoms with Crippen LogP contribution in [0.25, 0.3) is 0 Å². The molecule has 1 atom stereocenters. The van der Waals surface area contributed by atoms with Crippen molar-refractivity contribution in [2.75, 3.05) is 0 Å². The van der Waals surface area contributed by atoms with Crippen molar-refractivity contribution in [3.63, 3.8) is 0 Å². The van der Waals surface area contributed by atoms with Crippen molar-refractivity contribution in [3.05, 3.63) is 0 Å². The molecule has 0 aromatic carbocycles. The molecule has 0 aromatic heterocycles. The van der Waals surface area contributed by atoms with Gasteiger partial charge >= 0.3 is 5.97 Å². The van der Waals surface area contributed by atoms with Crippen molar-refractivity contribution in [3.8, 4) is 0 Å². The standard InChI is InChI=1S/C11H19NO3/c1-10(2,3)8(12-7-13)9(14)15-11(4,5)6/h8H,1-6H3/t8-/m1/s1. The van der Waals surface area contributed by atoms with E-state index in [0.717, 1.165) is 0 Å². The zero-order valence-electron chi connectivity index (χ0n) is 10.2. The second-order valence-electron chi connectivity index (χ2n) is 5.52. The van der Waals surface area contributed by atoms with Gasteiger partial charge in [-0.3, -0.25) is 0 Å². The Morgan fingerprint density at radius 2 is 1.67 bits per heavy atom. The highest BCUT2D eigenvalue weighted by atomic mass is 16.6. The van der Waals surface area contributed by atoms with Gasteiger partial charge in [0.05, 0.1) is 0 Å². The summed E-state index contributed by atoms with van der Waals surface area (Å²) in [5.41, 5.74) is -1.02. The highest BCUT2D eigenvalue weighted by Gasteiger charge is 2.34. The van der Waals surface area contributed by atoms with E-state index in [1.807, 2.05) is 20.8 Å². The average Bonchev–Trinajstić information content (AvgIpc) is 1.93. The van der Waals surface area contributed by atoms with E-state index in [2.05, 4.69) is 4.99 Å². The molecule has 0 amide bonds. The summed E-state index contributed by atoms with van der Waals surface area (Å²) in [5, 5.41) is 0. The number of nitrogens with zero attached hydrogens (tertiary/aromatic N) is 1. The Labute approximate surface area is 90.7 Å². The van der Waals surface area contributed by atoms with Gasteiger partial charge in [-0.1, -0.05) is 20.8 Å². The van der Waals surface area contributed by atoms with E-state index in [0.29, 0.717) is 0 Å². The first-order valence-electron chi connectivity index (χ1n) is 4.88. The monoisotopic (exact) mass is 213 g/mol. The molecule has 0 fully saturated rings. The van der Waals surface area contributed by atoms with E-state index in [9.17, 15) is 9.59 Å². The second-order valence-corrected chi connectivity index (χ2v) is 5.52. The van der Waals surface area contributed by atoms with Crippen molar-refractivity contribution in [2.45, 2.75) is 53.2 Å². The van der Waals surface area contributed by atoms with Crippen LogP contribution in [0.15, 0.2) is 4.99 Å². The van der Waals surface area contributed by atoms with E-state index in [1.54, 1.807) is 20.8 Å². The fourth-order valence-electron chi connectivity index (χ4n) is 1.01. The van der Waals surface area contributed by atoms with E-state index in [1.165, 1.54) is 6.08 Å². The molecule has 0 N–H and O–H groups in total. The van der Waals surface area contributed by atoms with Crippen molar-refractivity contribution in [1.29, 1.82) is 0 Å². The molecular formula is C11H19NO3. The van der Waals surface area contributed by atoms with Crippen LogP contribution in [0.2, 0.25) is 0 Å². The van der Waals surface area contributed by atoms with Gasteiger partial charge in [0.25, 0.3) is 0 Å². The number of carbonyl (C=O) groups excluding carboxylic acids is 2. The Balaban J connectivity index is 4.81. The Hall–Kier alpha value is -1.15. The van der Waals surface area contributed by atoms with E-state index in [4.69, 9.17) is 4.74 Å². The van der Waals surface area contributed by atoms with Gasteiger partial charge in [-0.2, -0.15) is 4.99 Å². The third-order valence-corrected chi connectivity index (χ3v) is 1.63. The largest absolute Gasteiger partial charge is 0.458 e. The number of esters is 1. The van der Waals surface area contributed by atoms with Gasteiger partial charge in [-0.25, -0.2) is 9.59 Å². The molecule has 86 valence electrons. The molecule has 0 aromatic rings. The maximum Gasteiger partial charge on any atom is 0.332 e. The van der Waals surface area contributed by atoms with Crippen molar-refractivity contribution in [1.82, 2.24) is 0 Å². The van der Waals surface area contributed by atoms with Crippen LogP contribution in [0.3, 0.4) is 0 Å². The Morgan fingerprint density at radius 1 is 1.20 bits per heavy atom. The second kappa shape index (κ2) is 4.58. The van der Waals surface area contributed by atoms with E-state index >= 15 is 0 Å². The third kappa shape index (κ3) is 5.33. The molecule has 0 rings (SSSR count). The van der Waals surface area contributed by atoms with Crippen LogP contribution in [0.4, 0.5) is 0 Å². The van der Waals surface area contributed by atoms with Crippen LogP contribution in [0.1, 0.15) is 41.5 Å². The molecule has 15 heavy (non-hydrogen) atoms. The average molecular weight is 213 g/mol. The summed E-state index contributed by atoms with van der Waals surface area (Å²) in [6, 6.07) is -0.797. The van der Waals surface area contributed by atoms with Crippen LogP contribution in [0.5, 0.6) is 0 Å². The minimum Gasteiger partial charge on any atom is -0.458 e. The number of ether oxygens (including phenoxy) is 1. The molecule has 4 heteroatoms. The quantitative estimate of drug-likeness (QED) is 0.401. The molecule has 0 saturated heterocycles. The summed E-state index contributed by atoms with van der Waals surface area (Å²) in [7, 11) is 0.